The number of sulfonamides is 1. The first-order chi connectivity index (χ1) is 10.4. The third-order valence-electron chi connectivity index (χ3n) is 3.03. The van der Waals surface area contributed by atoms with Crippen LogP contribution in [-0.2, 0) is 10.0 Å². The maximum atomic E-state index is 12.3. The Morgan fingerprint density at radius 3 is 2.68 bits per heavy atom. The van der Waals surface area contributed by atoms with Crippen LogP contribution in [0.2, 0.25) is 10.0 Å². The van der Waals surface area contributed by atoms with Crippen LogP contribution in [0.5, 0.6) is 0 Å². The fourth-order valence-corrected chi connectivity index (χ4v) is 3.99. The molecule has 2 heterocycles. The molecule has 1 aliphatic heterocycles. The minimum Gasteiger partial charge on any atom is -0.324 e. The first-order valence-corrected chi connectivity index (χ1v) is 8.34. The summed E-state index contributed by atoms with van der Waals surface area (Å²) in [5, 5.41) is 3.27. The molecule has 0 fully saturated rings. The smallest absolute Gasteiger partial charge is 0.289 e. The molecule has 0 unspecified atom stereocenters. The van der Waals surface area contributed by atoms with E-state index < -0.39 is 10.0 Å². The number of anilines is 2. The van der Waals surface area contributed by atoms with Crippen LogP contribution in [0.25, 0.3) is 0 Å². The van der Waals surface area contributed by atoms with Gasteiger partial charge in [0.1, 0.15) is 10.7 Å². The summed E-state index contributed by atoms with van der Waals surface area (Å²) >= 11 is 11.9. The number of halogens is 2. The van der Waals surface area contributed by atoms with Gasteiger partial charge in [-0.2, -0.15) is 8.42 Å². The molecule has 9 heteroatoms. The van der Waals surface area contributed by atoms with E-state index in [9.17, 15) is 8.42 Å². The van der Waals surface area contributed by atoms with E-state index in [1.165, 1.54) is 17.0 Å². The predicted molar refractivity (Wildman–Crippen MR) is 87.3 cm³/mol. The van der Waals surface area contributed by atoms with E-state index in [0.29, 0.717) is 10.8 Å². The molecule has 1 aromatic carbocycles. The fourth-order valence-electron chi connectivity index (χ4n) is 2.02. The Bertz CT molecular complexity index is 869. The van der Waals surface area contributed by atoms with Crippen LogP contribution >= 0.6 is 23.2 Å². The molecule has 1 N–H and O–H groups in total. The summed E-state index contributed by atoms with van der Waals surface area (Å²) < 4.78 is 28.5. The van der Waals surface area contributed by atoms with Gasteiger partial charge < -0.3 is 5.32 Å². The number of nitrogens with zero attached hydrogens (tertiary/aromatic N) is 3. The number of pyridine rings is 1. The normalized spacial score (nSPS) is 15.5. The third-order valence-corrected chi connectivity index (χ3v) is 5.03. The van der Waals surface area contributed by atoms with Crippen molar-refractivity contribution in [3.05, 3.63) is 46.6 Å². The van der Waals surface area contributed by atoms with Crippen LogP contribution in [0.1, 0.15) is 0 Å². The van der Waals surface area contributed by atoms with E-state index >= 15 is 0 Å². The van der Waals surface area contributed by atoms with Crippen molar-refractivity contribution in [2.75, 3.05) is 17.3 Å². The number of hydrogen-bond acceptors (Lipinski definition) is 5. The van der Waals surface area contributed by atoms with Crippen LogP contribution in [-0.4, -0.2) is 26.4 Å². The number of guanidine groups is 1. The lowest BCUT2D eigenvalue weighted by atomic mass is 10.3. The highest BCUT2D eigenvalue weighted by molar-refractivity contribution is 7.90. The molecule has 0 radical (unpaired) electrons. The molecule has 0 amide bonds. The Morgan fingerprint density at radius 1 is 1.23 bits per heavy atom. The highest BCUT2D eigenvalue weighted by Gasteiger charge is 2.30. The highest BCUT2D eigenvalue weighted by atomic mass is 35.5. The summed E-state index contributed by atoms with van der Waals surface area (Å²) in [5.41, 5.74) is 0.283. The second-order valence-corrected chi connectivity index (χ2v) is 6.91. The van der Waals surface area contributed by atoms with E-state index in [4.69, 9.17) is 23.2 Å². The van der Waals surface area contributed by atoms with Crippen molar-refractivity contribution in [2.45, 2.75) is 4.90 Å². The summed E-state index contributed by atoms with van der Waals surface area (Å²) in [7, 11) is -2.27. The second kappa shape index (κ2) is 5.42. The first kappa shape index (κ1) is 15.1. The molecule has 0 bridgehead atoms. The number of aromatic nitrogens is 1. The zero-order valence-electron chi connectivity index (χ0n) is 11.3. The van der Waals surface area contributed by atoms with Gasteiger partial charge in [0.15, 0.2) is 0 Å². The molecule has 0 spiro atoms. The SMILES string of the molecule is CN(C1=NS(=O)(=O)c2c(Cl)cc(Cl)cc2N1)c1ccccn1. The molecule has 114 valence electrons. The van der Waals surface area contributed by atoms with Gasteiger partial charge >= 0.3 is 0 Å². The maximum absolute atomic E-state index is 12.3. The average Bonchev–Trinajstić information content (AvgIpc) is 2.45. The Hall–Kier alpha value is -1.83. The van der Waals surface area contributed by atoms with Gasteiger partial charge in [-0.3, -0.25) is 4.90 Å². The van der Waals surface area contributed by atoms with E-state index in [-0.39, 0.29) is 21.6 Å². The fraction of sp³-hybridized carbons (Fsp3) is 0.0769. The molecule has 2 aromatic rings. The lowest BCUT2D eigenvalue weighted by molar-refractivity contribution is 0.597. The van der Waals surface area contributed by atoms with E-state index in [0.717, 1.165) is 0 Å². The minimum atomic E-state index is -3.93. The lowest BCUT2D eigenvalue weighted by Crippen LogP contribution is -2.37. The zero-order valence-corrected chi connectivity index (χ0v) is 13.6. The molecule has 0 atom stereocenters. The van der Waals surface area contributed by atoms with Gasteiger partial charge in [-0.1, -0.05) is 29.3 Å². The van der Waals surface area contributed by atoms with Gasteiger partial charge in [0.05, 0.1) is 10.7 Å². The van der Waals surface area contributed by atoms with Crippen LogP contribution in [0.15, 0.2) is 45.8 Å². The molecule has 3 rings (SSSR count). The van der Waals surface area contributed by atoms with Crippen molar-refractivity contribution in [1.29, 1.82) is 0 Å². The predicted octanol–water partition coefficient (Wildman–Crippen LogP) is 3.00. The molecular weight excluding hydrogens is 347 g/mol. The lowest BCUT2D eigenvalue weighted by Gasteiger charge is -2.25. The summed E-state index contributed by atoms with van der Waals surface area (Å²) in [6.45, 7) is 0. The van der Waals surface area contributed by atoms with Crippen molar-refractivity contribution in [3.63, 3.8) is 0 Å². The minimum absolute atomic E-state index is 0.0262. The quantitative estimate of drug-likeness (QED) is 0.849. The monoisotopic (exact) mass is 356 g/mol. The van der Waals surface area contributed by atoms with Gasteiger partial charge in [-0.25, -0.2) is 4.98 Å². The number of benzene rings is 1. The Kier molecular flexibility index (Phi) is 3.72. The van der Waals surface area contributed by atoms with Gasteiger partial charge in [0, 0.05) is 18.3 Å². The van der Waals surface area contributed by atoms with Crippen LogP contribution < -0.4 is 10.2 Å². The van der Waals surface area contributed by atoms with Crippen molar-refractivity contribution < 1.29 is 8.42 Å². The van der Waals surface area contributed by atoms with E-state index in [2.05, 4.69) is 14.7 Å². The van der Waals surface area contributed by atoms with Crippen molar-refractivity contribution in [3.8, 4) is 0 Å². The number of hydrogen-bond donors (Lipinski definition) is 1. The topological polar surface area (TPSA) is 74.7 Å². The third kappa shape index (κ3) is 2.63. The summed E-state index contributed by atoms with van der Waals surface area (Å²) in [6, 6.07) is 8.14. The average molecular weight is 357 g/mol. The maximum Gasteiger partial charge on any atom is 0.289 e. The molecular formula is C13H10Cl2N4O2S. The zero-order chi connectivity index (χ0) is 15.9. The van der Waals surface area contributed by atoms with Crippen molar-refractivity contribution in [1.82, 2.24) is 4.98 Å². The van der Waals surface area contributed by atoms with Crippen LogP contribution in [0.4, 0.5) is 11.5 Å². The van der Waals surface area contributed by atoms with Crippen molar-refractivity contribution >= 4 is 50.7 Å². The van der Waals surface area contributed by atoms with Gasteiger partial charge in [-0.05, 0) is 24.3 Å². The molecule has 22 heavy (non-hydrogen) atoms. The molecule has 6 nitrogen and oxygen atoms in total. The first-order valence-electron chi connectivity index (χ1n) is 6.14. The Morgan fingerprint density at radius 2 is 2.00 bits per heavy atom. The van der Waals surface area contributed by atoms with Crippen LogP contribution in [0.3, 0.4) is 0 Å². The van der Waals surface area contributed by atoms with Crippen LogP contribution in [0, 0.1) is 0 Å². The molecule has 1 aliphatic rings. The highest BCUT2D eigenvalue weighted by Crippen LogP contribution is 2.36. The summed E-state index contributed by atoms with van der Waals surface area (Å²) in [6.07, 6.45) is 1.60. The van der Waals surface area contributed by atoms with Gasteiger partial charge in [0.2, 0.25) is 5.96 Å². The molecule has 0 saturated carbocycles. The summed E-state index contributed by atoms with van der Waals surface area (Å²) in [5.74, 6) is 0.657. The van der Waals surface area contributed by atoms with E-state index in [1.807, 2.05) is 0 Å². The standard InChI is InChI=1S/C13H10Cl2N4O2S/c1-19(11-4-2-3-5-16-11)13-17-10-7-8(14)6-9(15)12(10)22(20,21)18-13/h2-7H,1H3,(H,17,18). The van der Waals surface area contributed by atoms with Crippen molar-refractivity contribution in [2.24, 2.45) is 4.40 Å². The molecule has 0 saturated heterocycles. The molecule has 0 aliphatic carbocycles. The second-order valence-electron chi connectivity index (χ2n) is 4.53. The Balaban J connectivity index is 2.09. The number of fused-ring (bicyclic) bond motifs is 1. The Labute approximate surface area is 137 Å². The number of rotatable bonds is 1. The number of nitrogens with one attached hydrogen (secondary N) is 1. The van der Waals surface area contributed by atoms with Gasteiger partial charge in [0.25, 0.3) is 10.0 Å². The van der Waals surface area contributed by atoms with Gasteiger partial charge in [-0.15, -0.1) is 4.40 Å². The van der Waals surface area contributed by atoms with E-state index in [1.54, 1.807) is 31.4 Å². The largest absolute Gasteiger partial charge is 0.324 e. The molecule has 1 aromatic heterocycles. The summed E-state index contributed by atoms with van der Waals surface area (Å²) in [4.78, 5) is 5.59.